The van der Waals surface area contributed by atoms with E-state index in [0.717, 1.165) is 15.9 Å². The molecule has 4 heteroatoms. The molecule has 1 N–H and O–H groups in total. The number of aromatic nitrogens is 1. The topological polar surface area (TPSA) is 34.0 Å². The Bertz CT molecular complexity index is 602. The fraction of sp³-hybridized carbons (Fsp3) is 0.267. The maximum absolute atomic E-state index is 12.3. The fourth-order valence-corrected chi connectivity index (χ4v) is 2.70. The summed E-state index contributed by atoms with van der Waals surface area (Å²) in [6.07, 6.45) is 5.60. The van der Waals surface area contributed by atoms with Crippen LogP contribution >= 0.6 is 15.9 Å². The summed E-state index contributed by atoms with van der Waals surface area (Å²) in [5.41, 5.74) is 1.54. The van der Waals surface area contributed by atoms with E-state index in [2.05, 4.69) is 25.8 Å². The van der Waals surface area contributed by atoms with E-state index in [9.17, 15) is 4.79 Å². The first-order chi connectivity index (χ1) is 9.25. The van der Waals surface area contributed by atoms with Gasteiger partial charge in [-0.3, -0.25) is 4.79 Å². The molecule has 1 aromatic heterocycles. The van der Waals surface area contributed by atoms with Gasteiger partial charge in [0.1, 0.15) is 5.69 Å². The third-order valence-corrected chi connectivity index (χ3v) is 4.29. The van der Waals surface area contributed by atoms with Gasteiger partial charge in [-0.25, -0.2) is 0 Å². The van der Waals surface area contributed by atoms with Crippen molar-refractivity contribution in [1.82, 2.24) is 4.57 Å². The molecule has 1 heterocycles. The molecule has 1 saturated carbocycles. The standard InChI is InChI=1S/C15H15BrN2O/c16-12-7-1-2-8-13(12)17-15(19)14-9-4-10-18(14)11-5-3-6-11/h1-2,4,7-11H,3,5-6H2,(H,17,19). The normalized spacial score (nSPS) is 15.0. The lowest BCUT2D eigenvalue weighted by atomic mass is 9.93. The Kier molecular flexibility index (Phi) is 3.42. The van der Waals surface area contributed by atoms with Crippen LogP contribution in [0.4, 0.5) is 5.69 Å². The predicted octanol–water partition coefficient (Wildman–Crippen LogP) is 4.23. The first-order valence-electron chi connectivity index (χ1n) is 6.48. The van der Waals surface area contributed by atoms with Crippen LogP contribution in [0.15, 0.2) is 47.1 Å². The second kappa shape index (κ2) is 5.21. The fourth-order valence-electron chi connectivity index (χ4n) is 2.32. The molecule has 0 bridgehead atoms. The number of benzene rings is 1. The molecule has 98 valence electrons. The first kappa shape index (κ1) is 12.5. The maximum atomic E-state index is 12.3. The largest absolute Gasteiger partial charge is 0.340 e. The summed E-state index contributed by atoms with van der Waals surface area (Å²) < 4.78 is 2.99. The number of rotatable bonds is 3. The van der Waals surface area contributed by atoms with Crippen LogP contribution in [-0.4, -0.2) is 10.5 Å². The lowest BCUT2D eigenvalue weighted by Gasteiger charge is -2.28. The van der Waals surface area contributed by atoms with Crippen molar-refractivity contribution in [2.75, 3.05) is 5.32 Å². The van der Waals surface area contributed by atoms with Crippen molar-refractivity contribution in [2.45, 2.75) is 25.3 Å². The van der Waals surface area contributed by atoms with Gasteiger partial charge in [0.15, 0.2) is 0 Å². The summed E-state index contributed by atoms with van der Waals surface area (Å²) in [6.45, 7) is 0. The number of nitrogens with one attached hydrogen (secondary N) is 1. The van der Waals surface area contributed by atoms with Crippen molar-refractivity contribution in [3.05, 3.63) is 52.8 Å². The first-order valence-corrected chi connectivity index (χ1v) is 7.28. The van der Waals surface area contributed by atoms with Crippen LogP contribution in [0.25, 0.3) is 0 Å². The molecule has 19 heavy (non-hydrogen) atoms. The van der Waals surface area contributed by atoms with Gasteiger partial charge >= 0.3 is 0 Å². The number of para-hydroxylation sites is 1. The molecule has 1 fully saturated rings. The van der Waals surface area contributed by atoms with Crippen LogP contribution in [0.5, 0.6) is 0 Å². The third kappa shape index (κ3) is 2.45. The molecule has 2 aromatic rings. The van der Waals surface area contributed by atoms with Crippen molar-refractivity contribution in [3.63, 3.8) is 0 Å². The van der Waals surface area contributed by atoms with Crippen molar-refractivity contribution in [1.29, 1.82) is 0 Å². The quantitative estimate of drug-likeness (QED) is 0.902. The molecule has 1 aliphatic carbocycles. The van der Waals surface area contributed by atoms with Gasteiger partial charge < -0.3 is 9.88 Å². The lowest BCUT2D eigenvalue weighted by molar-refractivity contribution is 0.101. The number of hydrogen-bond donors (Lipinski definition) is 1. The van der Waals surface area contributed by atoms with Crippen LogP contribution in [0.2, 0.25) is 0 Å². The van der Waals surface area contributed by atoms with Gasteiger partial charge in [0.05, 0.1) is 5.69 Å². The molecule has 0 radical (unpaired) electrons. The van der Waals surface area contributed by atoms with Crippen LogP contribution in [-0.2, 0) is 0 Å². The Morgan fingerprint density at radius 3 is 2.68 bits per heavy atom. The number of nitrogens with zero attached hydrogens (tertiary/aromatic N) is 1. The molecule has 0 atom stereocenters. The summed E-state index contributed by atoms with van der Waals surface area (Å²) in [5, 5.41) is 2.95. The minimum Gasteiger partial charge on any atom is -0.340 e. The SMILES string of the molecule is O=C(Nc1ccccc1Br)c1cccn1C1CCC1. The van der Waals surface area contributed by atoms with E-state index in [1.54, 1.807) is 0 Å². The van der Waals surface area contributed by atoms with Gasteiger partial charge in [-0.05, 0) is 59.5 Å². The third-order valence-electron chi connectivity index (χ3n) is 3.60. The smallest absolute Gasteiger partial charge is 0.272 e. The summed E-state index contributed by atoms with van der Waals surface area (Å²) in [6, 6.07) is 12.0. The van der Waals surface area contributed by atoms with E-state index >= 15 is 0 Å². The Morgan fingerprint density at radius 2 is 2.00 bits per heavy atom. The zero-order valence-corrected chi connectivity index (χ0v) is 12.1. The van der Waals surface area contributed by atoms with E-state index in [1.807, 2.05) is 42.6 Å². The average Bonchev–Trinajstić information content (AvgIpc) is 2.79. The molecule has 0 spiro atoms. The van der Waals surface area contributed by atoms with Crippen LogP contribution < -0.4 is 5.32 Å². The van der Waals surface area contributed by atoms with Crippen LogP contribution in [0.3, 0.4) is 0 Å². The highest BCUT2D eigenvalue weighted by molar-refractivity contribution is 9.10. The predicted molar refractivity (Wildman–Crippen MR) is 79.4 cm³/mol. The van der Waals surface area contributed by atoms with Crippen molar-refractivity contribution < 1.29 is 4.79 Å². The molecular formula is C15H15BrN2O. The Labute approximate surface area is 120 Å². The van der Waals surface area contributed by atoms with Crippen molar-refractivity contribution >= 4 is 27.5 Å². The second-order valence-electron chi connectivity index (χ2n) is 4.82. The van der Waals surface area contributed by atoms with Gasteiger partial charge in [0.25, 0.3) is 5.91 Å². The maximum Gasteiger partial charge on any atom is 0.272 e. The summed E-state index contributed by atoms with van der Waals surface area (Å²) in [4.78, 5) is 12.3. The highest BCUT2D eigenvalue weighted by atomic mass is 79.9. The monoisotopic (exact) mass is 318 g/mol. The number of halogens is 1. The number of anilines is 1. The summed E-state index contributed by atoms with van der Waals surface area (Å²) in [5.74, 6) is -0.0520. The highest BCUT2D eigenvalue weighted by Gasteiger charge is 2.23. The second-order valence-corrected chi connectivity index (χ2v) is 5.67. The van der Waals surface area contributed by atoms with Crippen molar-refractivity contribution in [3.8, 4) is 0 Å². The van der Waals surface area contributed by atoms with Crippen molar-refractivity contribution in [2.24, 2.45) is 0 Å². The van der Waals surface area contributed by atoms with E-state index in [1.165, 1.54) is 19.3 Å². The molecule has 3 nitrogen and oxygen atoms in total. The van der Waals surface area contributed by atoms with E-state index in [-0.39, 0.29) is 5.91 Å². The molecule has 1 aromatic carbocycles. The lowest BCUT2D eigenvalue weighted by Crippen LogP contribution is -2.23. The van der Waals surface area contributed by atoms with Gasteiger partial charge in [-0.15, -0.1) is 0 Å². The number of carbonyl (C=O) groups is 1. The molecule has 0 unspecified atom stereocenters. The van der Waals surface area contributed by atoms with Gasteiger partial charge in [-0.1, -0.05) is 12.1 Å². The molecule has 1 amide bonds. The zero-order chi connectivity index (χ0) is 13.2. The summed E-state index contributed by atoms with van der Waals surface area (Å²) >= 11 is 3.44. The van der Waals surface area contributed by atoms with Crippen LogP contribution in [0, 0.1) is 0 Å². The van der Waals surface area contributed by atoms with Gasteiger partial charge in [0.2, 0.25) is 0 Å². The highest BCUT2D eigenvalue weighted by Crippen LogP contribution is 2.33. The molecule has 3 rings (SSSR count). The van der Waals surface area contributed by atoms with Crippen LogP contribution in [0.1, 0.15) is 35.8 Å². The number of amides is 1. The average molecular weight is 319 g/mol. The Hall–Kier alpha value is -1.55. The van der Waals surface area contributed by atoms with E-state index in [4.69, 9.17) is 0 Å². The van der Waals surface area contributed by atoms with E-state index in [0.29, 0.717) is 6.04 Å². The molecular weight excluding hydrogens is 304 g/mol. The molecule has 0 saturated heterocycles. The summed E-state index contributed by atoms with van der Waals surface area (Å²) in [7, 11) is 0. The molecule has 0 aliphatic heterocycles. The van der Waals surface area contributed by atoms with E-state index < -0.39 is 0 Å². The van der Waals surface area contributed by atoms with Gasteiger partial charge in [-0.2, -0.15) is 0 Å². The molecule has 1 aliphatic rings. The minimum absolute atomic E-state index is 0.0520. The Balaban J connectivity index is 1.81. The minimum atomic E-state index is -0.0520. The number of hydrogen-bond acceptors (Lipinski definition) is 1. The number of carbonyl (C=O) groups excluding carboxylic acids is 1. The van der Waals surface area contributed by atoms with Gasteiger partial charge in [0, 0.05) is 16.7 Å². The Morgan fingerprint density at radius 1 is 1.21 bits per heavy atom. The zero-order valence-electron chi connectivity index (χ0n) is 10.5.